The summed E-state index contributed by atoms with van der Waals surface area (Å²) in [6.45, 7) is 1.81. The van der Waals surface area contributed by atoms with E-state index in [4.69, 9.17) is 10.5 Å². The molecule has 0 spiro atoms. The second-order valence-electron chi connectivity index (χ2n) is 4.64. The molecule has 1 aliphatic rings. The zero-order valence-electron chi connectivity index (χ0n) is 10.8. The van der Waals surface area contributed by atoms with E-state index in [1.165, 1.54) is 5.56 Å². The second-order valence-corrected chi connectivity index (χ2v) is 5.56. The van der Waals surface area contributed by atoms with E-state index in [-0.39, 0.29) is 18.6 Å². The standard InChI is InChI=1S/C14H19BrN2O2/c15-12-4-1-3-11(9-12)13-5-2-7-17(13)14(18)10-19-8-6-16/h1,3-4,9,13H,2,5-8,10,16H2. The van der Waals surface area contributed by atoms with Gasteiger partial charge in [0.15, 0.2) is 0 Å². The van der Waals surface area contributed by atoms with Crippen molar-refractivity contribution < 1.29 is 9.53 Å². The van der Waals surface area contributed by atoms with Gasteiger partial charge in [-0.25, -0.2) is 0 Å². The first-order chi connectivity index (χ1) is 9.22. The van der Waals surface area contributed by atoms with E-state index < -0.39 is 0 Å². The van der Waals surface area contributed by atoms with Crippen LogP contribution in [0.3, 0.4) is 0 Å². The van der Waals surface area contributed by atoms with Crippen LogP contribution in [0.2, 0.25) is 0 Å². The molecule has 0 saturated carbocycles. The minimum absolute atomic E-state index is 0.0518. The zero-order valence-corrected chi connectivity index (χ0v) is 12.4. The van der Waals surface area contributed by atoms with Crippen LogP contribution in [-0.4, -0.2) is 37.1 Å². The minimum Gasteiger partial charge on any atom is -0.370 e. The van der Waals surface area contributed by atoms with Gasteiger partial charge in [0, 0.05) is 17.6 Å². The fourth-order valence-electron chi connectivity index (χ4n) is 2.45. The second kappa shape index (κ2) is 7.03. The molecule has 1 atom stereocenters. The predicted octanol–water partition coefficient (Wildman–Crippen LogP) is 2.09. The summed E-state index contributed by atoms with van der Waals surface area (Å²) in [6, 6.07) is 8.32. The summed E-state index contributed by atoms with van der Waals surface area (Å²) in [5.41, 5.74) is 6.53. The molecular formula is C14H19BrN2O2. The van der Waals surface area contributed by atoms with Gasteiger partial charge < -0.3 is 15.4 Å². The quantitative estimate of drug-likeness (QED) is 0.843. The Morgan fingerprint density at radius 2 is 2.37 bits per heavy atom. The Morgan fingerprint density at radius 1 is 1.53 bits per heavy atom. The van der Waals surface area contributed by atoms with E-state index in [0.29, 0.717) is 13.2 Å². The molecular weight excluding hydrogens is 308 g/mol. The van der Waals surface area contributed by atoms with Crippen molar-refractivity contribution in [2.75, 3.05) is 26.3 Å². The molecule has 1 saturated heterocycles. The van der Waals surface area contributed by atoms with Crippen LogP contribution in [0.25, 0.3) is 0 Å². The van der Waals surface area contributed by atoms with Gasteiger partial charge in [0.2, 0.25) is 5.91 Å². The van der Waals surface area contributed by atoms with Crippen LogP contribution in [0.4, 0.5) is 0 Å². The summed E-state index contributed by atoms with van der Waals surface area (Å²) in [7, 11) is 0. The maximum Gasteiger partial charge on any atom is 0.249 e. The summed E-state index contributed by atoms with van der Waals surface area (Å²) in [5.74, 6) is 0.0518. The van der Waals surface area contributed by atoms with Crippen molar-refractivity contribution in [1.82, 2.24) is 4.90 Å². The lowest BCUT2D eigenvalue weighted by molar-refractivity contribution is -0.137. The third kappa shape index (κ3) is 3.78. The van der Waals surface area contributed by atoms with E-state index >= 15 is 0 Å². The molecule has 1 aromatic rings. The molecule has 1 unspecified atom stereocenters. The lowest BCUT2D eigenvalue weighted by Crippen LogP contribution is -2.34. The fourth-order valence-corrected chi connectivity index (χ4v) is 2.87. The average Bonchev–Trinajstić information content (AvgIpc) is 2.88. The van der Waals surface area contributed by atoms with Gasteiger partial charge in [0.1, 0.15) is 6.61 Å². The summed E-state index contributed by atoms with van der Waals surface area (Å²) in [4.78, 5) is 14.1. The highest BCUT2D eigenvalue weighted by atomic mass is 79.9. The van der Waals surface area contributed by atoms with E-state index in [1.807, 2.05) is 17.0 Å². The van der Waals surface area contributed by atoms with Crippen LogP contribution in [0.1, 0.15) is 24.4 Å². The van der Waals surface area contributed by atoms with Gasteiger partial charge in [0.05, 0.1) is 12.6 Å². The smallest absolute Gasteiger partial charge is 0.249 e. The number of nitrogens with two attached hydrogens (primary N) is 1. The largest absolute Gasteiger partial charge is 0.370 e. The number of benzene rings is 1. The van der Waals surface area contributed by atoms with Gasteiger partial charge in [-0.2, -0.15) is 0 Å². The number of ether oxygens (including phenoxy) is 1. The Hall–Kier alpha value is -0.910. The molecule has 2 rings (SSSR count). The van der Waals surface area contributed by atoms with E-state index in [0.717, 1.165) is 23.9 Å². The van der Waals surface area contributed by atoms with Crippen LogP contribution in [0.5, 0.6) is 0 Å². The number of rotatable bonds is 5. The molecule has 0 bridgehead atoms. The van der Waals surface area contributed by atoms with Crippen molar-refractivity contribution >= 4 is 21.8 Å². The molecule has 1 aromatic carbocycles. The molecule has 0 radical (unpaired) electrons. The van der Waals surface area contributed by atoms with Crippen molar-refractivity contribution in [3.8, 4) is 0 Å². The SMILES string of the molecule is NCCOCC(=O)N1CCCC1c1cccc(Br)c1. The maximum atomic E-state index is 12.1. The number of carbonyl (C=O) groups excluding carboxylic acids is 1. The minimum atomic E-state index is 0.0518. The highest BCUT2D eigenvalue weighted by Gasteiger charge is 2.29. The Kier molecular flexibility index (Phi) is 5.36. The number of amides is 1. The fraction of sp³-hybridized carbons (Fsp3) is 0.500. The van der Waals surface area contributed by atoms with Gasteiger partial charge in [-0.3, -0.25) is 4.79 Å². The van der Waals surface area contributed by atoms with Crippen molar-refractivity contribution in [3.05, 3.63) is 34.3 Å². The van der Waals surface area contributed by atoms with Crippen LogP contribution < -0.4 is 5.73 Å². The van der Waals surface area contributed by atoms with Crippen molar-refractivity contribution in [2.24, 2.45) is 5.73 Å². The third-order valence-corrected chi connectivity index (χ3v) is 3.79. The van der Waals surface area contributed by atoms with Crippen LogP contribution in [0, 0.1) is 0 Å². The Bertz CT molecular complexity index is 439. The van der Waals surface area contributed by atoms with Gasteiger partial charge in [-0.1, -0.05) is 28.1 Å². The van der Waals surface area contributed by atoms with E-state index in [1.54, 1.807) is 0 Å². The molecule has 4 nitrogen and oxygen atoms in total. The van der Waals surface area contributed by atoms with Gasteiger partial charge in [0.25, 0.3) is 0 Å². The zero-order chi connectivity index (χ0) is 13.7. The van der Waals surface area contributed by atoms with Crippen LogP contribution in [0.15, 0.2) is 28.7 Å². The van der Waals surface area contributed by atoms with Crippen molar-refractivity contribution in [2.45, 2.75) is 18.9 Å². The van der Waals surface area contributed by atoms with Crippen LogP contribution in [-0.2, 0) is 9.53 Å². The van der Waals surface area contributed by atoms with E-state index in [9.17, 15) is 4.79 Å². The maximum absolute atomic E-state index is 12.1. The number of halogens is 1. The number of hydrogen-bond donors (Lipinski definition) is 1. The summed E-state index contributed by atoms with van der Waals surface area (Å²) < 4.78 is 6.28. The number of nitrogens with zero attached hydrogens (tertiary/aromatic N) is 1. The first-order valence-corrected chi connectivity index (χ1v) is 7.34. The molecule has 5 heteroatoms. The lowest BCUT2D eigenvalue weighted by Gasteiger charge is -2.25. The Morgan fingerprint density at radius 3 is 3.11 bits per heavy atom. The van der Waals surface area contributed by atoms with Gasteiger partial charge in [-0.15, -0.1) is 0 Å². The van der Waals surface area contributed by atoms with Crippen molar-refractivity contribution in [3.63, 3.8) is 0 Å². The molecule has 1 aliphatic heterocycles. The number of likely N-dealkylation sites (tertiary alicyclic amines) is 1. The third-order valence-electron chi connectivity index (χ3n) is 3.29. The Balaban J connectivity index is 2.02. The number of carbonyl (C=O) groups is 1. The summed E-state index contributed by atoms with van der Waals surface area (Å²) >= 11 is 3.48. The molecule has 104 valence electrons. The topological polar surface area (TPSA) is 55.6 Å². The Labute approximate surface area is 122 Å². The van der Waals surface area contributed by atoms with E-state index in [2.05, 4.69) is 28.1 Å². The molecule has 1 amide bonds. The highest BCUT2D eigenvalue weighted by Crippen LogP contribution is 2.32. The first-order valence-electron chi connectivity index (χ1n) is 6.55. The van der Waals surface area contributed by atoms with Crippen molar-refractivity contribution in [1.29, 1.82) is 0 Å². The van der Waals surface area contributed by atoms with Crippen LogP contribution >= 0.6 is 15.9 Å². The molecule has 0 aliphatic carbocycles. The predicted molar refractivity (Wildman–Crippen MR) is 77.7 cm³/mol. The first kappa shape index (κ1) is 14.5. The molecule has 1 heterocycles. The molecule has 0 aromatic heterocycles. The summed E-state index contributed by atoms with van der Waals surface area (Å²) in [6.07, 6.45) is 2.05. The molecule has 1 fully saturated rings. The summed E-state index contributed by atoms with van der Waals surface area (Å²) in [5, 5.41) is 0. The monoisotopic (exact) mass is 326 g/mol. The van der Waals surface area contributed by atoms with Gasteiger partial charge >= 0.3 is 0 Å². The average molecular weight is 327 g/mol. The molecule has 19 heavy (non-hydrogen) atoms. The highest BCUT2D eigenvalue weighted by molar-refractivity contribution is 9.10. The normalized spacial score (nSPS) is 18.8. The van der Waals surface area contributed by atoms with Gasteiger partial charge in [-0.05, 0) is 30.5 Å². The lowest BCUT2D eigenvalue weighted by atomic mass is 10.0. The molecule has 2 N–H and O–H groups in total. The number of hydrogen-bond acceptors (Lipinski definition) is 3.